The lowest BCUT2D eigenvalue weighted by molar-refractivity contribution is 0.0749. The van der Waals surface area contributed by atoms with Gasteiger partial charge in [0.1, 0.15) is 11.4 Å². The van der Waals surface area contributed by atoms with Crippen molar-refractivity contribution in [2.75, 3.05) is 32.1 Å². The van der Waals surface area contributed by atoms with Crippen LogP contribution in [-0.4, -0.2) is 47.5 Å². The molecule has 0 unspecified atom stereocenters. The van der Waals surface area contributed by atoms with E-state index in [4.69, 9.17) is 4.74 Å². The molecule has 6 heteroatoms. The number of nitrogens with zero attached hydrogens (tertiary/aromatic N) is 3. The highest BCUT2D eigenvalue weighted by molar-refractivity contribution is 5.92. The summed E-state index contributed by atoms with van der Waals surface area (Å²) in [5.74, 6) is 1.29. The Balaban J connectivity index is 1.96. The van der Waals surface area contributed by atoms with Crippen LogP contribution in [0.3, 0.4) is 0 Å². The lowest BCUT2D eigenvalue weighted by Gasteiger charge is -2.21. The van der Waals surface area contributed by atoms with Gasteiger partial charge in [0.15, 0.2) is 0 Å². The molecule has 6 nitrogen and oxygen atoms in total. The van der Waals surface area contributed by atoms with E-state index < -0.39 is 0 Å². The third-order valence-electron chi connectivity index (χ3n) is 3.98. The molecule has 1 heterocycles. The second-order valence-corrected chi connectivity index (χ2v) is 6.09. The Morgan fingerprint density at radius 1 is 1.19 bits per heavy atom. The summed E-state index contributed by atoms with van der Waals surface area (Å²) in [5, 5.41) is 3.20. The van der Waals surface area contributed by atoms with Gasteiger partial charge in [0.2, 0.25) is 5.95 Å². The number of nitrogens with one attached hydrogen (secondary N) is 1. The van der Waals surface area contributed by atoms with E-state index in [1.165, 1.54) is 5.56 Å². The molecule has 0 radical (unpaired) electrons. The Hall–Kier alpha value is -2.63. The average Bonchev–Trinajstić information content (AvgIpc) is 2.67. The van der Waals surface area contributed by atoms with Crippen LogP contribution < -0.4 is 10.1 Å². The number of ether oxygens (including phenoxy) is 1. The van der Waals surface area contributed by atoms with Crippen LogP contribution in [0.5, 0.6) is 5.75 Å². The molecule has 2 rings (SSSR count). The summed E-state index contributed by atoms with van der Waals surface area (Å²) in [7, 11) is 1.66. The minimum atomic E-state index is -0.0352. The van der Waals surface area contributed by atoms with Gasteiger partial charge in [-0.25, -0.2) is 9.97 Å². The summed E-state index contributed by atoms with van der Waals surface area (Å²) in [6.07, 6.45) is 4.31. The standard InChI is InChI=1S/C20H28N4O2/c1-4-13-24(14-5-2)19(25)18-10-12-22-20(23-18)21-11-9-16-7-6-8-17(15-16)26-3/h6-8,10,12,15H,4-5,9,11,13-14H2,1-3H3,(H,21,22,23). The molecule has 1 amide bonds. The highest BCUT2D eigenvalue weighted by Gasteiger charge is 2.16. The van der Waals surface area contributed by atoms with Crippen molar-refractivity contribution in [2.24, 2.45) is 0 Å². The van der Waals surface area contributed by atoms with Gasteiger partial charge in [-0.05, 0) is 43.0 Å². The maximum Gasteiger partial charge on any atom is 0.272 e. The monoisotopic (exact) mass is 356 g/mol. The number of hydrogen-bond donors (Lipinski definition) is 1. The summed E-state index contributed by atoms with van der Waals surface area (Å²) in [4.78, 5) is 23.1. The molecule has 1 aromatic carbocycles. The third-order valence-corrected chi connectivity index (χ3v) is 3.98. The summed E-state index contributed by atoms with van der Waals surface area (Å²) in [5.41, 5.74) is 1.60. The molecule has 140 valence electrons. The Bertz CT molecular complexity index is 700. The zero-order valence-electron chi connectivity index (χ0n) is 15.9. The smallest absolute Gasteiger partial charge is 0.272 e. The molecule has 0 aliphatic carbocycles. The van der Waals surface area contributed by atoms with Gasteiger partial charge < -0.3 is 15.0 Å². The Kier molecular flexibility index (Phi) is 7.86. The van der Waals surface area contributed by atoms with Gasteiger partial charge in [0.25, 0.3) is 5.91 Å². The predicted molar refractivity (Wildman–Crippen MR) is 104 cm³/mol. The van der Waals surface area contributed by atoms with Crippen molar-refractivity contribution in [1.82, 2.24) is 14.9 Å². The van der Waals surface area contributed by atoms with Gasteiger partial charge in [0.05, 0.1) is 7.11 Å². The third kappa shape index (κ3) is 5.72. The fourth-order valence-corrected chi connectivity index (χ4v) is 2.73. The quantitative estimate of drug-likeness (QED) is 0.707. The number of aromatic nitrogens is 2. The summed E-state index contributed by atoms with van der Waals surface area (Å²) in [6, 6.07) is 9.63. The first-order chi connectivity index (χ1) is 12.7. The van der Waals surface area contributed by atoms with E-state index in [0.717, 1.165) is 38.1 Å². The fourth-order valence-electron chi connectivity index (χ4n) is 2.73. The van der Waals surface area contributed by atoms with Crippen LogP contribution in [0.2, 0.25) is 0 Å². The van der Waals surface area contributed by atoms with E-state index in [0.29, 0.717) is 18.2 Å². The Morgan fingerprint density at radius 3 is 2.65 bits per heavy atom. The number of anilines is 1. The minimum absolute atomic E-state index is 0.0352. The highest BCUT2D eigenvalue weighted by atomic mass is 16.5. The molecule has 0 saturated carbocycles. The van der Waals surface area contributed by atoms with Gasteiger partial charge in [-0.15, -0.1) is 0 Å². The zero-order chi connectivity index (χ0) is 18.8. The van der Waals surface area contributed by atoms with Crippen molar-refractivity contribution >= 4 is 11.9 Å². The van der Waals surface area contributed by atoms with Gasteiger partial charge in [-0.2, -0.15) is 0 Å². The molecule has 1 aromatic heterocycles. The predicted octanol–water partition coefficient (Wildman–Crippen LogP) is 3.40. The normalized spacial score (nSPS) is 10.4. The van der Waals surface area contributed by atoms with Gasteiger partial charge >= 0.3 is 0 Å². The summed E-state index contributed by atoms with van der Waals surface area (Å²) in [6.45, 7) is 6.31. The number of amides is 1. The lowest BCUT2D eigenvalue weighted by Crippen LogP contribution is -2.33. The largest absolute Gasteiger partial charge is 0.497 e. The second kappa shape index (κ2) is 10.4. The van der Waals surface area contributed by atoms with E-state index >= 15 is 0 Å². The summed E-state index contributed by atoms with van der Waals surface area (Å²) < 4.78 is 5.24. The van der Waals surface area contributed by atoms with E-state index in [1.54, 1.807) is 19.4 Å². The topological polar surface area (TPSA) is 67.4 Å². The lowest BCUT2D eigenvalue weighted by atomic mass is 10.1. The van der Waals surface area contributed by atoms with Crippen LogP contribution in [0.15, 0.2) is 36.5 Å². The molecule has 0 atom stereocenters. The maximum atomic E-state index is 12.6. The van der Waals surface area contributed by atoms with Crippen molar-refractivity contribution in [3.8, 4) is 5.75 Å². The van der Waals surface area contributed by atoms with E-state index in [1.807, 2.05) is 23.1 Å². The van der Waals surface area contributed by atoms with Crippen LogP contribution in [0.25, 0.3) is 0 Å². The first kappa shape index (κ1) is 19.7. The van der Waals surface area contributed by atoms with Crippen molar-refractivity contribution in [3.05, 3.63) is 47.8 Å². The molecule has 2 aromatic rings. The summed E-state index contributed by atoms with van der Waals surface area (Å²) >= 11 is 0. The maximum absolute atomic E-state index is 12.6. The van der Waals surface area contributed by atoms with E-state index in [9.17, 15) is 4.79 Å². The van der Waals surface area contributed by atoms with Crippen molar-refractivity contribution < 1.29 is 9.53 Å². The molecule has 26 heavy (non-hydrogen) atoms. The zero-order valence-corrected chi connectivity index (χ0v) is 15.9. The number of rotatable bonds is 10. The number of benzene rings is 1. The van der Waals surface area contributed by atoms with Crippen LogP contribution in [0.4, 0.5) is 5.95 Å². The fraction of sp³-hybridized carbons (Fsp3) is 0.450. The number of carbonyl (C=O) groups is 1. The molecule has 0 aliphatic rings. The van der Waals surface area contributed by atoms with Crippen LogP contribution in [0, 0.1) is 0 Å². The second-order valence-electron chi connectivity index (χ2n) is 6.09. The van der Waals surface area contributed by atoms with Gasteiger partial charge in [0, 0.05) is 25.8 Å². The molecule has 0 aliphatic heterocycles. The first-order valence-corrected chi connectivity index (χ1v) is 9.17. The molecule has 0 saturated heterocycles. The molecule has 0 spiro atoms. The van der Waals surface area contributed by atoms with Gasteiger partial charge in [-0.3, -0.25) is 4.79 Å². The number of methoxy groups -OCH3 is 1. The highest BCUT2D eigenvalue weighted by Crippen LogP contribution is 2.13. The Morgan fingerprint density at radius 2 is 1.96 bits per heavy atom. The molecular weight excluding hydrogens is 328 g/mol. The van der Waals surface area contributed by atoms with Crippen LogP contribution >= 0.6 is 0 Å². The van der Waals surface area contributed by atoms with Gasteiger partial charge in [-0.1, -0.05) is 26.0 Å². The Labute approximate surface area is 155 Å². The molecule has 0 bridgehead atoms. The van der Waals surface area contributed by atoms with Crippen molar-refractivity contribution in [1.29, 1.82) is 0 Å². The first-order valence-electron chi connectivity index (χ1n) is 9.17. The van der Waals surface area contributed by atoms with Crippen molar-refractivity contribution in [2.45, 2.75) is 33.1 Å². The molecule has 1 N–H and O–H groups in total. The van der Waals surface area contributed by atoms with E-state index in [2.05, 4.69) is 35.2 Å². The average molecular weight is 356 g/mol. The number of hydrogen-bond acceptors (Lipinski definition) is 5. The van der Waals surface area contributed by atoms with E-state index in [-0.39, 0.29) is 5.91 Å². The molecule has 0 fully saturated rings. The minimum Gasteiger partial charge on any atom is -0.497 e. The van der Waals surface area contributed by atoms with Crippen LogP contribution in [-0.2, 0) is 6.42 Å². The SMILES string of the molecule is CCCN(CCC)C(=O)c1ccnc(NCCc2cccc(OC)c2)n1. The number of carbonyl (C=O) groups excluding carboxylic acids is 1. The van der Waals surface area contributed by atoms with Crippen LogP contribution in [0.1, 0.15) is 42.7 Å². The van der Waals surface area contributed by atoms with Crippen molar-refractivity contribution in [3.63, 3.8) is 0 Å². The molecular formula is C20H28N4O2.